The number of hydrogen-bond acceptors (Lipinski definition) is 6. The first-order valence-corrected chi connectivity index (χ1v) is 10.9. The fourth-order valence-corrected chi connectivity index (χ4v) is 4.19. The van der Waals surface area contributed by atoms with E-state index in [1.807, 2.05) is 60.0 Å². The van der Waals surface area contributed by atoms with E-state index in [0.29, 0.717) is 47.7 Å². The Balaban J connectivity index is 1.77. The summed E-state index contributed by atoms with van der Waals surface area (Å²) in [7, 11) is 3.30. The van der Waals surface area contributed by atoms with Crippen molar-refractivity contribution in [2.75, 3.05) is 20.8 Å². The average molecular weight is 444 g/mol. The molecular formula is C25H25N5O3. The van der Waals surface area contributed by atoms with Crippen LogP contribution in [0.25, 0.3) is 33.2 Å². The molecule has 0 amide bonds. The molecule has 0 saturated carbocycles. The van der Waals surface area contributed by atoms with Crippen LogP contribution in [0.1, 0.15) is 17.8 Å². The summed E-state index contributed by atoms with van der Waals surface area (Å²) in [5, 5.41) is 0.500. The Kier molecular flexibility index (Phi) is 5.51. The van der Waals surface area contributed by atoms with Gasteiger partial charge in [-0.3, -0.25) is 9.36 Å². The van der Waals surface area contributed by atoms with Gasteiger partial charge >= 0.3 is 0 Å². The Morgan fingerprint density at radius 3 is 2.30 bits per heavy atom. The summed E-state index contributed by atoms with van der Waals surface area (Å²) in [6, 6.07) is 15.5. The van der Waals surface area contributed by atoms with E-state index in [4.69, 9.17) is 24.4 Å². The molecule has 0 saturated heterocycles. The lowest BCUT2D eigenvalue weighted by atomic mass is 10.2. The highest BCUT2D eigenvalue weighted by Crippen LogP contribution is 2.26. The normalized spacial score (nSPS) is 11.6. The van der Waals surface area contributed by atoms with Gasteiger partial charge in [0.2, 0.25) is 0 Å². The largest absolute Gasteiger partial charge is 0.497 e. The molecule has 0 fully saturated rings. The molecule has 0 aliphatic heterocycles. The second kappa shape index (κ2) is 8.63. The van der Waals surface area contributed by atoms with Crippen molar-refractivity contribution in [3.05, 3.63) is 70.3 Å². The van der Waals surface area contributed by atoms with Crippen molar-refractivity contribution in [3.8, 4) is 5.75 Å². The first-order chi connectivity index (χ1) is 16.1. The highest BCUT2D eigenvalue weighted by molar-refractivity contribution is 6.04. The maximum Gasteiger partial charge on any atom is 0.265 e. The summed E-state index contributed by atoms with van der Waals surface area (Å²) in [5.74, 6) is 1.45. The third-order valence-corrected chi connectivity index (χ3v) is 5.87. The number of aromatic nitrogens is 5. The summed E-state index contributed by atoms with van der Waals surface area (Å²) >= 11 is 0. The van der Waals surface area contributed by atoms with Gasteiger partial charge in [0.1, 0.15) is 22.5 Å². The predicted molar refractivity (Wildman–Crippen MR) is 128 cm³/mol. The number of rotatable bonds is 7. The Morgan fingerprint density at radius 2 is 1.61 bits per heavy atom. The zero-order valence-electron chi connectivity index (χ0n) is 18.9. The number of ether oxygens (including phenoxy) is 2. The summed E-state index contributed by atoms with van der Waals surface area (Å²) in [4.78, 5) is 28.2. The molecule has 0 atom stereocenters. The van der Waals surface area contributed by atoms with Gasteiger partial charge in [0.15, 0.2) is 11.3 Å². The summed E-state index contributed by atoms with van der Waals surface area (Å²) in [6.45, 7) is 3.48. The van der Waals surface area contributed by atoms with E-state index >= 15 is 0 Å². The van der Waals surface area contributed by atoms with E-state index in [0.717, 1.165) is 28.8 Å². The van der Waals surface area contributed by atoms with Gasteiger partial charge < -0.3 is 14.0 Å². The van der Waals surface area contributed by atoms with Crippen LogP contribution in [0, 0.1) is 6.92 Å². The molecule has 5 rings (SSSR count). The Labute approximate surface area is 190 Å². The molecule has 0 aliphatic rings. The second-order valence-corrected chi connectivity index (χ2v) is 7.98. The lowest BCUT2D eigenvalue weighted by molar-refractivity contribution is 0.189. The van der Waals surface area contributed by atoms with Crippen molar-refractivity contribution in [2.45, 2.75) is 26.4 Å². The van der Waals surface area contributed by atoms with Gasteiger partial charge in [-0.05, 0) is 43.2 Å². The number of para-hydroxylation sites is 2. The lowest BCUT2D eigenvalue weighted by Gasteiger charge is -2.11. The van der Waals surface area contributed by atoms with Crippen LogP contribution < -0.4 is 10.3 Å². The maximum absolute atomic E-state index is 13.6. The van der Waals surface area contributed by atoms with Crippen molar-refractivity contribution in [1.29, 1.82) is 0 Å². The molecule has 8 nitrogen and oxygen atoms in total. The smallest absolute Gasteiger partial charge is 0.265 e. The van der Waals surface area contributed by atoms with E-state index in [2.05, 4.69) is 0 Å². The van der Waals surface area contributed by atoms with Crippen molar-refractivity contribution < 1.29 is 9.47 Å². The van der Waals surface area contributed by atoms with Gasteiger partial charge in [-0.1, -0.05) is 24.3 Å². The number of nitrogens with zero attached hydrogens (tertiary/aromatic N) is 5. The molecule has 8 heteroatoms. The van der Waals surface area contributed by atoms with Gasteiger partial charge in [0, 0.05) is 20.3 Å². The SMILES string of the molecule is COCCCn1c(C)nc2c(c1=O)c1nc3ccccc3nc1n2Cc1ccc(OC)cc1. The molecule has 33 heavy (non-hydrogen) atoms. The van der Waals surface area contributed by atoms with Crippen LogP contribution in [-0.2, 0) is 17.8 Å². The van der Waals surface area contributed by atoms with E-state index in [-0.39, 0.29) is 5.56 Å². The van der Waals surface area contributed by atoms with Gasteiger partial charge in [-0.2, -0.15) is 0 Å². The summed E-state index contributed by atoms with van der Waals surface area (Å²) < 4.78 is 14.1. The van der Waals surface area contributed by atoms with Crippen LogP contribution in [0.3, 0.4) is 0 Å². The van der Waals surface area contributed by atoms with Gasteiger partial charge in [0.05, 0.1) is 24.7 Å². The third-order valence-electron chi connectivity index (χ3n) is 5.87. The molecule has 0 N–H and O–H groups in total. The standard InChI is InChI=1S/C25H25N5O3/c1-16-26-23-21(25(31)29(16)13-6-14-32-2)22-24(28-20-8-5-4-7-19(20)27-22)30(23)15-17-9-11-18(33-3)12-10-17/h4-5,7-12H,6,13-15H2,1-3H3. The third kappa shape index (κ3) is 3.72. The lowest BCUT2D eigenvalue weighted by Crippen LogP contribution is -2.24. The highest BCUT2D eigenvalue weighted by Gasteiger charge is 2.21. The van der Waals surface area contributed by atoms with Crippen molar-refractivity contribution in [3.63, 3.8) is 0 Å². The van der Waals surface area contributed by atoms with Gasteiger partial charge in [-0.15, -0.1) is 0 Å². The minimum absolute atomic E-state index is 0.100. The molecule has 0 bridgehead atoms. The van der Waals surface area contributed by atoms with Crippen LogP contribution in [0.2, 0.25) is 0 Å². The van der Waals surface area contributed by atoms with Gasteiger partial charge in [0.25, 0.3) is 5.56 Å². The van der Waals surface area contributed by atoms with Crippen molar-refractivity contribution >= 4 is 33.2 Å². The predicted octanol–water partition coefficient (Wildman–Crippen LogP) is 3.70. The maximum atomic E-state index is 13.6. The molecule has 0 unspecified atom stereocenters. The van der Waals surface area contributed by atoms with Crippen LogP contribution in [0.5, 0.6) is 5.75 Å². The van der Waals surface area contributed by atoms with Crippen molar-refractivity contribution in [2.24, 2.45) is 0 Å². The quantitative estimate of drug-likeness (QED) is 0.357. The van der Waals surface area contributed by atoms with Crippen molar-refractivity contribution in [1.82, 2.24) is 24.1 Å². The van der Waals surface area contributed by atoms with E-state index in [9.17, 15) is 4.79 Å². The van der Waals surface area contributed by atoms with E-state index in [1.54, 1.807) is 18.8 Å². The zero-order valence-corrected chi connectivity index (χ0v) is 18.9. The zero-order chi connectivity index (χ0) is 22.9. The van der Waals surface area contributed by atoms with E-state index < -0.39 is 0 Å². The molecule has 3 heterocycles. The van der Waals surface area contributed by atoms with Gasteiger partial charge in [-0.25, -0.2) is 15.0 Å². The monoisotopic (exact) mass is 443 g/mol. The molecule has 5 aromatic rings. The number of benzene rings is 2. The molecule has 2 aromatic carbocycles. The minimum Gasteiger partial charge on any atom is -0.497 e. The van der Waals surface area contributed by atoms with Crippen LogP contribution in [0.4, 0.5) is 0 Å². The Bertz CT molecular complexity index is 1520. The highest BCUT2D eigenvalue weighted by atomic mass is 16.5. The fourth-order valence-electron chi connectivity index (χ4n) is 4.19. The number of methoxy groups -OCH3 is 2. The molecule has 0 aliphatic carbocycles. The first-order valence-electron chi connectivity index (χ1n) is 10.9. The number of aryl methyl sites for hydroxylation is 1. The molecule has 0 radical (unpaired) electrons. The second-order valence-electron chi connectivity index (χ2n) is 7.98. The van der Waals surface area contributed by atoms with Crippen LogP contribution >= 0.6 is 0 Å². The molecule has 0 spiro atoms. The average Bonchev–Trinajstić information content (AvgIpc) is 3.12. The number of fused-ring (bicyclic) bond motifs is 4. The minimum atomic E-state index is -0.100. The summed E-state index contributed by atoms with van der Waals surface area (Å²) in [6.07, 6.45) is 0.726. The number of hydrogen-bond donors (Lipinski definition) is 0. The van der Waals surface area contributed by atoms with Crippen LogP contribution in [0.15, 0.2) is 53.3 Å². The van der Waals surface area contributed by atoms with Crippen LogP contribution in [-0.4, -0.2) is 44.9 Å². The molecular weight excluding hydrogens is 418 g/mol. The molecule has 168 valence electrons. The topological polar surface area (TPSA) is 84.1 Å². The fraction of sp³-hybridized carbons (Fsp3) is 0.280. The van der Waals surface area contributed by atoms with E-state index in [1.165, 1.54) is 0 Å². The molecule has 3 aromatic heterocycles. The Morgan fingerprint density at radius 1 is 0.879 bits per heavy atom. The first kappa shape index (κ1) is 21.1. The Hall–Kier alpha value is -3.78. The summed E-state index contributed by atoms with van der Waals surface area (Å²) in [5.41, 5.74) is 4.31.